The fraction of sp³-hybridized carbons (Fsp3) is 0.647. The molecule has 22 heavy (non-hydrogen) atoms. The third kappa shape index (κ3) is 3.33. The molecule has 2 heterocycles. The Morgan fingerprint density at radius 3 is 2.86 bits per heavy atom. The summed E-state index contributed by atoms with van der Waals surface area (Å²) >= 11 is 0. The number of methoxy groups -OCH3 is 1. The monoisotopic (exact) mass is 303 g/mol. The van der Waals surface area contributed by atoms with E-state index in [-0.39, 0.29) is 23.3 Å². The highest BCUT2D eigenvalue weighted by atomic mass is 16.5. The summed E-state index contributed by atoms with van der Waals surface area (Å²) in [4.78, 5) is 18.6. The number of amides is 1. The number of ether oxygens (including phenoxy) is 1. The maximum Gasteiger partial charge on any atom is 0.299 e. The Labute approximate surface area is 132 Å². The number of likely N-dealkylation sites (tertiary alicyclic amines) is 1. The van der Waals surface area contributed by atoms with E-state index in [1.807, 2.05) is 24.9 Å². The molecule has 0 N–H and O–H groups in total. The summed E-state index contributed by atoms with van der Waals surface area (Å²) in [5, 5.41) is 0. The van der Waals surface area contributed by atoms with E-state index in [2.05, 4.69) is 35.2 Å². The van der Waals surface area contributed by atoms with E-state index in [1.54, 1.807) is 13.3 Å². The Hall–Kier alpha value is -1.80. The molecule has 0 bridgehead atoms. The van der Waals surface area contributed by atoms with Gasteiger partial charge in [0.15, 0.2) is 0 Å². The number of hydrogen-bond acceptors (Lipinski definition) is 3. The van der Waals surface area contributed by atoms with Gasteiger partial charge in [-0.15, -0.1) is 0 Å². The van der Waals surface area contributed by atoms with E-state index in [1.165, 1.54) is 0 Å². The first-order valence-electron chi connectivity index (χ1n) is 7.69. The molecule has 0 radical (unpaired) electrons. The fourth-order valence-electron chi connectivity index (χ4n) is 2.83. The molecule has 0 spiro atoms. The number of imidazole rings is 1. The van der Waals surface area contributed by atoms with Crippen LogP contribution in [0, 0.1) is 23.2 Å². The van der Waals surface area contributed by atoms with Gasteiger partial charge in [0.05, 0.1) is 12.6 Å². The van der Waals surface area contributed by atoms with Crippen LogP contribution < -0.4 is 0 Å². The highest BCUT2D eigenvalue weighted by Gasteiger charge is 2.50. The van der Waals surface area contributed by atoms with E-state index in [0.29, 0.717) is 13.2 Å². The van der Waals surface area contributed by atoms with Crippen LogP contribution in [0.3, 0.4) is 0 Å². The number of rotatable bonds is 4. The van der Waals surface area contributed by atoms with Crippen LogP contribution in [0.15, 0.2) is 12.4 Å². The number of carbonyl (C=O) groups excluding carboxylic acids is 1. The van der Waals surface area contributed by atoms with Gasteiger partial charge in [-0.05, 0) is 5.92 Å². The fourth-order valence-corrected chi connectivity index (χ4v) is 2.83. The molecule has 1 atom stereocenters. The van der Waals surface area contributed by atoms with Gasteiger partial charge in [-0.1, -0.05) is 33.6 Å². The van der Waals surface area contributed by atoms with Crippen molar-refractivity contribution in [2.24, 2.45) is 11.3 Å². The first-order chi connectivity index (χ1) is 10.4. The molecule has 1 unspecified atom stereocenters. The molecule has 120 valence electrons. The molecule has 1 aliphatic heterocycles. The molecular weight excluding hydrogens is 278 g/mol. The maximum atomic E-state index is 12.3. The molecule has 5 heteroatoms. The molecule has 0 saturated carbocycles. The van der Waals surface area contributed by atoms with Crippen molar-refractivity contribution in [3.05, 3.63) is 18.2 Å². The Kier molecular flexibility index (Phi) is 4.92. The lowest BCUT2D eigenvalue weighted by Gasteiger charge is -2.52. The van der Waals surface area contributed by atoms with Crippen molar-refractivity contribution in [1.82, 2.24) is 14.5 Å². The normalized spacial score (nSPS) is 19.5. The second kappa shape index (κ2) is 6.53. The third-order valence-electron chi connectivity index (χ3n) is 3.89. The summed E-state index contributed by atoms with van der Waals surface area (Å²) in [5.74, 6) is 6.69. The standard InChI is InChI=1S/C17H25N3O2/c1-13(2)6-7-14(21)20-12-17(3,4)15(20)16-18-8-9-19(16)10-11-22-5/h8-9,13,15H,10-12H2,1-5H3. The van der Waals surface area contributed by atoms with Gasteiger partial charge in [0.1, 0.15) is 5.82 Å². The summed E-state index contributed by atoms with van der Waals surface area (Å²) in [5.41, 5.74) is 0.00530. The molecule has 1 fully saturated rings. The Morgan fingerprint density at radius 2 is 2.27 bits per heavy atom. The molecule has 1 aliphatic rings. The Morgan fingerprint density at radius 1 is 1.55 bits per heavy atom. The molecule has 2 rings (SSSR count). The number of carbonyl (C=O) groups is 1. The third-order valence-corrected chi connectivity index (χ3v) is 3.89. The highest BCUT2D eigenvalue weighted by Crippen LogP contribution is 2.47. The van der Waals surface area contributed by atoms with Crippen molar-refractivity contribution in [2.45, 2.75) is 40.3 Å². The van der Waals surface area contributed by atoms with Gasteiger partial charge < -0.3 is 14.2 Å². The SMILES string of the molecule is COCCn1ccnc1C1N(C(=O)C#CC(C)C)CC1(C)C. The zero-order valence-electron chi connectivity index (χ0n) is 14.1. The minimum Gasteiger partial charge on any atom is -0.383 e. The largest absolute Gasteiger partial charge is 0.383 e. The molecule has 0 aliphatic carbocycles. The summed E-state index contributed by atoms with van der Waals surface area (Å²) in [6, 6.07) is -0.0340. The molecule has 1 saturated heterocycles. The van der Waals surface area contributed by atoms with Crippen molar-refractivity contribution < 1.29 is 9.53 Å². The average Bonchev–Trinajstić information content (AvgIpc) is 2.87. The van der Waals surface area contributed by atoms with E-state index < -0.39 is 0 Å². The van der Waals surface area contributed by atoms with Crippen molar-refractivity contribution in [1.29, 1.82) is 0 Å². The zero-order valence-corrected chi connectivity index (χ0v) is 14.1. The molecular formula is C17H25N3O2. The van der Waals surface area contributed by atoms with E-state index >= 15 is 0 Å². The van der Waals surface area contributed by atoms with Crippen LogP contribution in [0.1, 0.15) is 39.6 Å². The van der Waals surface area contributed by atoms with Crippen molar-refractivity contribution in [2.75, 3.05) is 20.3 Å². The van der Waals surface area contributed by atoms with Gasteiger partial charge in [0, 0.05) is 43.9 Å². The van der Waals surface area contributed by atoms with Crippen LogP contribution in [0.4, 0.5) is 0 Å². The van der Waals surface area contributed by atoms with Gasteiger partial charge in [-0.25, -0.2) is 4.98 Å². The summed E-state index contributed by atoms with van der Waals surface area (Å²) in [6.07, 6.45) is 3.72. The lowest BCUT2D eigenvalue weighted by atomic mass is 9.74. The molecule has 5 nitrogen and oxygen atoms in total. The minimum atomic E-state index is -0.112. The van der Waals surface area contributed by atoms with Gasteiger partial charge in [0.25, 0.3) is 5.91 Å². The quantitative estimate of drug-likeness (QED) is 0.800. The first kappa shape index (κ1) is 16.6. The molecule has 1 aromatic rings. The average molecular weight is 303 g/mol. The molecule has 1 aromatic heterocycles. The predicted octanol–water partition coefficient (Wildman–Crippen LogP) is 2.10. The second-order valence-electron chi connectivity index (χ2n) is 6.72. The van der Waals surface area contributed by atoms with Gasteiger partial charge in [-0.3, -0.25) is 4.79 Å². The summed E-state index contributed by atoms with van der Waals surface area (Å²) < 4.78 is 7.20. The second-order valence-corrected chi connectivity index (χ2v) is 6.72. The van der Waals surface area contributed by atoms with E-state index in [9.17, 15) is 4.79 Å². The van der Waals surface area contributed by atoms with Crippen molar-refractivity contribution >= 4 is 5.91 Å². The summed E-state index contributed by atoms with van der Waals surface area (Å²) in [7, 11) is 1.68. The Balaban J connectivity index is 2.21. The topological polar surface area (TPSA) is 47.4 Å². The molecule has 1 amide bonds. The van der Waals surface area contributed by atoms with E-state index in [0.717, 1.165) is 12.4 Å². The maximum absolute atomic E-state index is 12.3. The van der Waals surface area contributed by atoms with Crippen LogP contribution in [0.2, 0.25) is 0 Å². The molecule has 0 aromatic carbocycles. The zero-order chi connectivity index (χ0) is 16.3. The lowest BCUT2D eigenvalue weighted by molar-refractivity contribution is -0.146. The van der Waals surface area contributed by atoms with Gasteiger partial charge in [-0.2, -0.15) is 0 Å². The lowest BCUT2D eigenvalue weighted by Crippen LogP contribution is -2.58. The van der Waals surface area contributed by atoms with Gasteiger partial charge >= 0.3 is 0 Å². The van der Waals surface area contributed by atoms with Crippen molar-refractivity contribution in [3.63, 3.8) is 0 Å². The smallest absolute Gasteiger partial charge is 0.299 e. The number of nitrogens with zero attached hydrogens (tertiary/aromatic N) is 3. The van der Waals surface area contributed by atoms with Crippen molar-refractivity contribution in [3.8, 4) is 11.8 Å². The van der Waals surface area contributed by atoms with Crippen LogP contribution in [0.25, 0.3) is 0 Å². The predicted molar refractivity (Wildman–Crippen MR) is 85.0 cm³/mol. The highest BCUT2D eigenvalue weighted by molar-refractivity contribution is 5.94. The van der Waals surface area contributed by atoms with Crippen LogP contribution in [-0.2, 0) is 16.1 Å². The van der Waals surface area contributed by atoms with E-state index in [4.69, 9.17) is 4.74 Å². The first-order valence-corrected chi connectivity index (χ1v) is 7.69. The van der Waals surface area contributed by atoms with Crippen LogP contribution in [0.5, 0.6) is 0 Å². The minimum absolute atomic E-state index is 0.00530. The number of aromatic nitrogens is 2. The van der Waals surface area contributed by atoms with Crippen LogP contribution in [-0.4, -0.2) is 40.6 Å². The summed E-state index contributed by atoms with van der Waals surface area (Å²) in [6.45, 7) is 10.3. The van der Waals surface area contributed by atoms with Gasteiger partial charge in [0.2, 0.25) is 0 Å². The number of hydrogen-bond donors (Lipinski definition) is 0. The van der Waals surface area contributed by atoms with Crippen LogP contribution >= 0.6 is 0 Å². The Bertz CT molecular complexity index is 593.